The molecule has 2 fully saturated rings. The van der Waals surface area contributed by atoms with Crippen molar-refractivity contribution in [2.45, 2.75) is 44.2 Å². The molecule has 0 amide bonds. The van der Waals surface area contributed by atoms with Crippen molar-refractivity contribution in [3.05, 3.63) is 57.9 Å². The Labute approximate surface area is 237 Å². The molecule has 1 aromatic carbocycles. The van der Waals surface area contributed by atoms with Crippen LogP contribution in [0.2, 0.25) is 0 Å². The number of aliphatic hydroxyl groups is 1. The number of carbonyl (C=O) groups excluding carboxylic acids is 1. The summed E-state index contributed by atoms with van der Waals surface area (Å²) in [5.74, 6) is -1.95. The number of nitrogens with two attached hydrogens (primary N) is 1. The number of aromatic nitrogens is 6. The van der Waals surface area contributed by atoms with Crippen molar-refractivity contribution in [2.75, 3.05) is 12.3 Å². The maximum absolute atomic E-state index is 13.8. The summed E-state index contributed by atoms with van der Waals surface area (Å²) < 4.78 is 23.5. The van der Waals surface area contributed by atoms with Crippen LogP contribution in [0.1, 0.15) is 28.6 Å². The van der Waals surface area contributed by atoms with Gasteiger partial charge in [0.2, 0.25) is 5.78 Å². The number of hydrogen-bond acceptors (Lipinski definition) is 9. The van der Waals surface area contributed by atoms with Crippen molar-refractivity contribution in [1.29, 1.82) is 0 Å². The van der Waals surface area contributed by atoms with Gasteiger partial charge in [-0.1, -0.05) is 12.2 Å². The smallest absolute Gasteiger partial charge is 0.264 e. The number of ether oxygens (including phenoxy) is 3. The van der Waals surface area contributed by atoms with Crippen molar-refractivity contribution >= 4 is 62.9 Å². The Bertz CT molecular complexity index is 2060. The molecule has 2 aliphatic heterocycles. The molecule has 12 nitrogen and oxygen atoms in total. The average Bonchev–Trinajstić information content (AvgIpc) is 3.70. The molecular weight excluding hydrogens is 546 g/mol. The number of imidazole rings is 1. The molecule has 6 heterocycles. The molecule has 41 heavy (non-hydrogen) atoms. The third kappa shape index (κ3) is 3.14. The van der Waals surface area contributed by atoms with Gasteiger partial charge >= 0.3 is 0 Å². The molecule has 13 heteroatoms. The van der Waals surface area contributed by atoms with Crippen LogP contribution in [-0.4, -0.2) is 60.3 Å². The number of carbonyl (C=O) groups is 1. The number of aromatic amines is 2. The van der Waals surface area contributed by atoms with Gasteiger partial charge < -0.3 is 35.0 Å². The van der Waals surface area contributed by atoms with Crippen molar-refractivity contribution in [3.63, 3.8) is 0 Å². The molecule has 5 atom stereocenters. The second-order valence-electron chi connectivity index (χ2n) is 10.9. The van der Waals surface area contributed by atoms with Gasteiger partial charge in [0.15, 0.2) is 29.2 Å². The van der Waals surface area contributed by atoms with Crippen LogP contribution in [0.5, 0.6) is 0 Å². The maximum Gasteiger partial charge on any atom is 0.264 e. The molecule has 1 aliphatic carbocycles. The summed E-state index contributed by atoms with van der Waals surface area (Å²) in [5, 5.41) is 13.4. The Morgan fingerprint density at radius 3 is 2.80 bits per heavy atom. The van der Waals surface area contributed by atoms with Gasteiger partial charge in [-0.05, 0) is 42.5 Å². The lowest BCUT2D eigenvalue weighted by atomic mass is 9.89. The first-order valence-electron chi connectivity index (χ1n) is 13.2. The molecule has 8 rings (SSSR count). The lowest BCUT2D eigenvalue weighted by Gasteiger charge is -2.31. The Morgan fingerprint density at radius 1 is 1.20 bits per heavy atom. The summed E-state index contributed by atoms with van der Waals surface area (Å²) in [6.07, 6.45) is 5.80. The van der Waals surface area contributed by atoms with Crippen LogP contribution in [0.4, 0.5) is 5.95 Å². The van der Waals surface area contributed by atoms with E-state index in [1.807, 2.05) is 24.7 Å². The van der Waals surface area contributed by atoms with Crippen LogP contribution >= 0.6 is 12.2 Å². The number of anilines is 1. The minimum atomic E-state index is -1.74. The van der Waals surface area contributed by atoms with E-state index in [-0.39, 0.29) is 23.0 Å². The Hall–Kier alpha value is -4.01. The van der Waals surface area contributed by atoms with Crippen LogP contribution in [-0.2, 0) is 31.8 Å². The minimum Gasteiger partial charge on any atom is -0.394 e. The molecule has 0 saturated carbocycles. The van der Waals surface area contributed by atoms with Gasteiger partial charge in [0.25, 0.3) is 5.79 Å². The zero-order chi connectivity index (χ0) is 28.4. The van der Waals surface area contributed by atoms with Crippen molar-refractivity contribution < 1.29 is 28.7 Å². The summed E-state index contributed by atoms with van der Waals surface area (Å²) in [6, 6.07) is 2.09. The van der Waals surface area contributed by atoms with Crippen LogP contribution < -0.4 is 10.3 Å². The number of aliphatic hydroxyl groups excluding tert-OH is 1. The molecule has 4 aromatic heterocycles. The number of fused-ring (bicyclic) bond motifs is 7. The van der Waals surface area contributed by atoms with Gasteiger partial charge in [0.1, 0.15) is 36.5 Å². The molecule has 0 radical (unpaired) electrons. The van der Waals surface area contributed by atoms with E-state index in [2.05, 4.69) is 39.1 Å². The number of nitrogens with one attached hydrogen (secondary N) is 2. The summed E-state index contributed by atoms with van der Waals surface area (Å²) in [7, 11) is 1.98. The minimum absolute atomic E-state index is 0.125. The number of pyridine rings is 1. The van der Waals surface area contributed by atoms with Crippen LogP contribution in [0, 0.1) is 18.5 Å². The number of ketones is 1. The predicted octanol–water partition coefficient (Wildman–Crippen LogP) is 2.27. The van der Waals surface area contributed by atoms with Crippen LogP contribution in [0.3, 0.4) is 0 Å². The Balaban J connectivity index is 1.33. The number of rotatable bonds is 2. The molecule has 208 valence electrons. The van der Waals surface area contributed by atoms with Crippen molar-refractivity contribution in [3.8, 4) is 0 Å². The molecule has 1 spiro atoms. The SMILES string of the molecule is Cc1c2cc[n+](C)cc2c(C)c2c3c([nH]c12)C=CC(=O)[C@]31O[C@@H]2[C@H](O1)[C@@H](CO)O[C@H]2n1cnc2c(=S)nc(N)[nH]c21. The highest BCUT2D eigenvalue weighted by Gasteiger charge is 2.64. The van der Waals surface area contributed by atoms with E-state index in [0.717, 1.165) is 38.5 Å². The quantitative estimate of drug-likeness (QED) is 0.184. The van der Waals surface area contributed by atoms with Crippen molar-refractivity contribution in [1.82, 2.24) is 24.5 Å². The van der Waals surface area contributed by atoms with Crippen molar-refractivity contribution in [2.24, 2.45) is 7.05 Å². The molecule has 0 unspecified atom stereocenters. The summed E-state index contributed by atoms with van der Waals surface area (Å²) in [4.78, 5) is 28.8. The lowest BCUT2D eigenvalue weighted by molar-refractivity contribution is -0.670. The fraction of sp³-hybridized carbons (Fsp3) is 0.321. The second-order valence-corrected chi connectivity index (χ2v) is 11.2. The average molecular weight is 573 g/mol. The molecule has 2 saturated heterocycles. The first-order valence-corrected chi connectivity index (χ1v) is 13.6. The Morgan fingerprint density at radius 2 is 2.00 bits per heavy atom. The molecule has 5 N–H and O–H groups in total. The second kappa shape index (κ2) is 8.27. The first-order chi connectivity index (χ1) is 19.7. The number of benzene rings is 1. The molecule has 0 bridgehead atoms. The summed E-state index contributed by atoms with van der Waals surface area (Å²) >= 11 is 5.34. The molecule has 5 aromatic rings. The van der Waals surface area contributed by atoms with E-state index in [0.29, 0.717) is 16.7 Å². The largest absolute Gasteiger partial charge is 0.394 e. The fourth-order valence-corrected chi connectivity index (χ4v) is 6.91. The monoisotopic (exact) mass is 572 g/mol. The first kappa shape index (κ1) is 24.8. The number of nitrogens with zero attached hydrogens (tertiary/aromatic N) is 4. The number of aryl methyl sites for hydroxylation is 3. The highest BCUT2D eigenvalue weighted by molar-refractivity contribution is 7.71. The van der Waals surface area contributed by atoms with E-state index in [9.17, 15) is 9.90 Å². The zero-order valence-corrected chi connectivity index (χ0v) is 23.2. The predicted molar refractivity (Wildman–Crippen MR) is 150 cm³/mol. The molecular formula is C28H26N7O5S+. The van der Waals surface area contributed by atoms with Crippen LogP contribution in [0.25, 0.3) is 38.9 Å². The number of H-pyrrole nitrogens is 2. The van der Waals surface area contributed by atoms with E-state index in [4.69, 9.17) is 32.2 Å². The van der Waals surface area contributed by atoms with E-state index >= 15 is 0 Å². The normalized spacial score (nSPS) is 27.1. The highest BCUT2D eigenvalue weighted by atomic mass is 32.1. The summed E-state index contributed by atoms with van der Waals surface area (Å²) in [5.41, 5.74) is 11.2. The zero-order valence-electron chi connectivity index (χ0n) is 22.3. The van der Waals surface area contributed by atoms with E-state index in [1.165, 1.54) is 6.08 Å². The fourth-order valence-electron chi connectivity index (χ4n) is 6.67. The third-order valence-electron chi connectivity index (χ3n) is 8.55. The van der Waals surface area contributed by atoms with Gasteiger partial charge in [-0.2, -0.15) is 0 Å². The standard InChI is InChI=1S/C28H25N7O5S/c1-11-14-8-34(3)7-6-13(14)12(2)20-18(11)19-15(31-20)4-5-17(37)28(19)39-22-16(9-36)38-26(23(22)40-28)35-10-30-21-24(35)32-27(29)33-25(21)41/h4-8,10,16,22-23,26,36H,9H2,1-3H3,(H3,29,32,33,41)/p+1/t16-,22-,23-,26-,28+/m1/s1. The summed E-state index contributed by atoms with van der Waals surface area (Å²) in [6.45, 7) is 3.77. The van der Waals surface area contributed by atoms with Gasteiger partial charge in [-0.15, -0.1) is 0 Å². The lowest BCUT2D eigenvalue weighted by Crippen LogP contribution is -2.41. The topological polar surface area (TPSA) is 157 Å². The number of hydrogen-bond donors (Lipinski definition) is 4. The van der Waals surface area contributed by atoms with Gasteiger partial charge in [0.05, 0.1) is 24.0 Å². The van der Waals surface area contributed by atoms with Gasteiger partial charge in [0, 0.05) is 22.5 Å². The van der Waals surface area contributed by atoms with Gasteiger partial charge in [-0.25, -0.2) is 14.5 Å². The number of nitrogen functional groups attached to an aromatic ring is 1. The highest BCUT2D eigenvalue weighted by Crippen LogP contribution is 2.53. The van der Waals surface area contributed by atoms with E-state index < -0.39 is 30.3 Å². The van der Waals surface area contributed by atoms with E-state index in [1.54, 1.807) is 17.0 Å². The Kier molecular flexibility index (Phi) is 4.99. The molecule has 3 aliphatic rings. The third-order valence-corrected chi connectivity index (χ3v) is 8.83. The maximum atomic E-state index is 13.8. The van der Waals surface area contributed by atoms with Crippen LogP contribution in [0.15, 0.2) is 30.9 Å². The van der Waals surface area contributed by atoms with Gasteiger partial charge in [-0.3, -0.25) is 9.36 Å².